The number of pyridine rings is 1. The van der Waals surface area contributed by atoms with Crippen LogP contribution in [-0.2, 0) is 16.1 Å². The monoisotopic (exact) mass is 347 g/mol. The number of hydrogen-bond donors (Lipinski definition) is 1. The standard InChI is InChI=1S/C19H29N3O3/c1-5-16-12-22(9-10-25-16)18(6-2)19(24)20-11-15-7-8-17(14(4)23)13(3)21-15/h7-8,16,18H,5-6,9-12H2,1-4H3,(H,20,24)/t16-,18+/m0/s1. The number of nitrogens with zero attached hydrogens (tertiary/aromatic N) is 2. The second-order valence-corrected chi connectivity index (χ2v) is 6.53. The Morgan fingerprint density at radius 3 is 2.76 bits per heavy atom. The Kier molecular flexibility index (Phi) is 7.08. The molecule has 1 aliphatic rings. The van der Waals surface area contributed by atoms with Crippen LogP contribution in [0.1, 0.15) is 55.4 Å². The zero-order chi connectivity index (χ0) is 18.4. The first-order chi connectivity index (χ1) is 12.0. The van der Waals surface area contributed by atoms with Crippen LogP contribution in [0.4, 0.5) is 0 Å². The number of Topliss-reactive ketones (excluding diaryl/α,β-unsaturated/α-hetero) is 1. The molecule has 6 heteroatoms. The van der Waals surface area contributed by atoms with Gasteiger partial charge in [-0.3, -0.25) is 19.5 Å². The molecule has 0 bridgehead atoms. The minimum absolute atomic E-state index is 0.00410. The summed E-state index contributed by atoms with van der Waals surface area (Å²) in [7, 11) is 0. The van der Waals surface area contributed by atoms with Crippen molar-refractivity contribution in [3.8, 4) is 0 Å². The van der Waals surface area contributed by atoms with Gasteiger partial charge >= 0.3 is 0 Å². The van der Waals surface area contributed by atoms with Gasteiger partial charge in [0, 0.05) is 24.3 Å². The third-order valence-corrected chi connectivity index (χ3v) is 4.72. The SMILES string of the molecule is CC[C@H]1CN([C@H](CC)C(=O)NCc2ccc(C(C)=O)c(C)n2)CCO1. The molecule has 6 nitrogen and oxygen atoms in total. The molecule has 1 aromatic heterocycles. The Balaban J connectivity index is 1.95. The number of nitrogens with one attached hydrogen (secondary N) is 1. The Morgan fingerprint density at radius 1 is 1.40 bits per heavy atom. The molecule has 0 aliphatic carbocycles. The minimum atomic E-state index is -0.143. The van der Waals surface area contributed by atoms with Crippen molar-refractivity contribution in [3.05, 3.63) is 29.1 Å². The summed E-state index contributed by atoms with van der Waals surface area (Å²) in [4.78, 5) is 30.7. The lowest BCUT2D eigenvalue weighted by Gasteiger charge is -2.37. The highest BCUT2D eigenvalue weighted by atomic mass is 16.5. The van der Waals surface area contributed by atoms with Gasteiger partial charge in [-0.15, -0.1) is 0 Å². The highest BCUT2D eigenvalue weighted by Crippen LogP contribution is 2.14. The van der Waals surface area contributed by atoms with Gasteiger partial charge in [0.25, 0.3) is 0 Å². The Hall–Kier alpha value is -1.79. The quantitative estimate of drug-likeness (QED) is 0.765. The number of amides is 1. The van der Waals surface area contributed by atoms with Crippen molar-refractivity contribution in [3.63, 3.8) is 0 Å². The average molecular weight is 347 g/mol. The predicted molar refractivity (Wildman–Crippen MR) is 96.5 cm³/mol. The van der Waals surface area contributed by atoms with Crippen molar-refractivity contribution >= 4 is 11.7 Å². The van der Waals surface area contributed by atoms with Gasteiger partial charge < -0.3 is 10.1 Å². The molecule has 0 spiro atoms. The number of rotatable bonds is 7. The Labute approximate surface area is 150 Å². The van der Waals surface area contributed by atoms with Gasteiger partial charge in [-0.2, -0.15) is 0 Å². The molecule has 138 valence electrons. The van der Waals surface area contributed by atoms with Gasteiger partial charge in [-0.05, 0) is 38.8 Å². The Bertz CT molecular complexity index is 618. The van der Waals surface area contributed by atoms with Crippen molar-refractivity contribution in [2.45, 2.75) is 59.2 Å². The lowest BCUT2D eigenvalue weighted by atomic mass is 10.1. The highest BCUT2D eigenvalue weighted by molar-refractivity contribution is 5.95. The number of carbonyl (C=O) groups excluding carboxylic acids is 2. The Morgan fingerprint density at radius 2 is 2.16 bits per heavy atom. The van der Waals surface area contributed by atoms with E-state index in [1.165, 1.54) is 6.92 Å². The van der Waals surface area contributed by atoms with Crippen LogP contribution in [-0.4, -0.2) is 53.4 Å². The zero-order valence-corrected chi connectivity index (χ0v) is 15.7. The molecule has 1 saturated heterocycles. The molecule has 2 rings (SSSR count). The van der Waals surface area contributed by atoms with E-state index in [4.69, 9.17) is 4.74 Å². The van der Waals surface area contributed by atoms with Crippen LogP contribution in [0, 0.1) is 6.92 Å². The van der Waals surface area contributed by atoms with Crippen LogP contribution in [0.3, 0.4) is 0 Å². The molecule has 2 atom stereocenters. The predicted octanol–water partition coefficient (Wildman–Crippen LogP) is 2.10. The molecular formula is C19H29N3O3. The van der Waals surface area contributed by atoms with Crippen molar-refractivity contribution < 1.29 is 14.3 Å². The summed E-state index contributed by atoms with van der Waals surface area (Å²) in [5.41, 5.74) is 2.09. The zero-order valence-electron chi connectivity index (χ0n) is 15.7. The number of aromatic nitrogens is 1. The molecule has 2 heterocycles. The minimum Gasteiger partial charge on any atom is -0.376 e. The fraction of sp³-hybridized carbons (Fsp3) is 0.632. The molecule has 1 amide bonds. The summed E-state index contributed by atoms with van der Waals surface area (Å²) >= 11 is 0. The van der Waals surface area contributed by atoms with Gasteiger partial charge in [-0.25, -0.2) is 0 Å². The number of aryl methyl sites for hydroxylation is 1. The van der Waals surface area contributed by atoms with E-state index >= 15 is 0 Å². The van der Waals surface area contributed by atoms with Gasteiger partial charge in [0.1, 0.15) is 0 Å². The topological polar surface area (TPSA) is 71.5 Å². The largest absolute Gasteiger partial charge is 0.376 e. The van der Waals surface area contributed by atoms with Crippen molar-refractivity contribution in [1.29, 1.82) is 0 Å². The van der Waals surface area contributed by atoms with E-state index in [1.807, 2.05) is 13.8 Å². The summed E-state index contributed by atoms with van der Waals surface area (Å²) in [6.45, 7) is 10.1. The molecule has 0 unspecified atom stereocenters. The third-order valence-electron chi connectivity index (χ3n) is 4.72. The molecule has 0 saturated carbocycles. The van der Waals surface area contributed by atoms with Gasteiger partial charge in [0.05, 0.1) is 31.0 Å². The number of morpholine rings is 1. The van der Waals surface area contributed by atoms with Crippen LogP contribution in [0.25, 0.3) is 0 Å². The summed E-state index contributed by atoms with van der Waals surface area (Å²) < 4.78 is 5.69. The van der Waals surface area contributed by atoms with Crippen LogP contribution in [0.15, 0.2) is 12.1 Å². The first-order valence-corrected chi connectivity index (χ1v) is 9.07. The first kappa shape index (κ1) is 19.5. The number of ether oxygens (including phenoxy) is 1. The normalized spacial score (nSPS) is 19.4. The van der Waals surface area contributed by atoms with Crippen LogP contribution in [0.5, 0.6) is 0 Å². The van der Waals surface area contributed by atoms with E-state index in [1.54, 1.807) is 12.1 Å². The second kappa shape index (κ2) is 9.06. The summed E-state index contributed by atoms with van der Waals surface area (Å²) in [6, 6.07) is 3.43. The number of ketones is 1. The molecule has 1 N–H and O–H groups in total. The summed E-state index contributed by atoms with van der Waals surface area (Å²) in [6.07, 6.45) is 1.93. The van der Waals surface area contributed by atoms with Crippen LogP contribution in [0.2, 0.25) is 0 Å². The molecule has 1 fully saturated rings. The number of carbonyl (C=O) groups is 2. The molecule has 1 aromatic rings. The average Bonchev–Trinajstić information content (AvgIpc) is 2.60. The smallest absolute Gasteiger partial charge is 0.237 e. The fourth-order valence-electron chi connectivity index (χ4n) is 3.26. The summed E-state index contributed by atoms with van der Waals surface area (Å²) in [5.74, 6) is 0.0266. The van der Waals surface area contributed by atoms with E-state index in [2.05, 4.69) is 22.1 Å². The van der Waals surface area contributed by atoms with Gasteiger partial charge in [-0.1, -0.05) is 13.8 Å². The van der Waals surface area contributed by atoms with E-state index < -0.39 is 0 Å². The fourth-order valence-corrected chi connectivity index (χ4v) is 3.26. The molecular weight excluding hydrogens is 318 g/mol. The van der Waals surface area contributed by atoms with E-state index in [9.17, 15) is 9.59 Å². The lowest BCUT2D eigenvalue weighted by molar-refractivity contribution is -0.130. The molecule has 0 aromatic carbocycles. The maximum absolute atomic E-state index is 12.6. The summed E-state index contributed by atoms with van der Waals surface area (Å²) in [5, 5.41) is 2.99. The molecule has 1 aliphatic heterocycles. The van der Waals surface area contributed by atoms with Gasteiger partial charge in [0.15, 0.2) is 5.78 Å². The van der Waals surface area contributed by atoms with Crippen molar-refractivity contribution in [2.24, 2.45) is 0 Å². The maximum Gasteiger partial charge on any atom is 0.237 e. The lowest BCUT2D eigenvalue weighted by Crippen LogP contribution is -2.53. The van der Waals surface area contributed by atoms with E-state index in [0.717, 1.165) is 31.6 Å². The highest BCUT2D eigenvalue weighted by Gasteiger charge is 2.29. The van der Waals surface area contributed by atoms with E-state index in [-0.39, 0.29) is 23.8 Å². The van der Waals surface area contributed by atoms with E-state index in [0.29, 0.717) is 24.4 Å². The molecule has 25 heavy (non-hydrogen) atoms. The maximum atomic E-state index is 12.6. The van der Waals surface area contributed by atoms with Crippen LogP contribution < -0.4 is 5.32 Å². The third kappa shape index (κ3) is 5.09. The van der Waals surface area contributed by atoms with Crippen LogP contribution >= 0.6 is 0 Å². The second-order valence-electron chi connectivity index (χ2n) is 6.53. The number of hydrogen-bond acceptors (Lipinski definition) is 5. The first-order valence-electron chi connectivity index (χ1n) is 9.07. The van der Waals surface area contributed by atoms with Crippen molar-refractivity contribution in [1.82, 2.24) is 15.2 Å². The van der Waals surface area contributed by atoms with Crippen molar-refractivity contribution in [2.75, 3.05) is 19.7 Å². The van der Waals surface area contributed by atoms with Gasteiger partial charge in [0.2, 0.25) is 5.91 Å². The molecule has 0 radical (unpaired) electrons.